The van der Waals surface area contributed by atoms with Crippen molar-refractivity contribution in [2.24, 2.45) is 17.6 Å². The minimum absolute atomic E-state index is 0.205. The van der Waals surface area contributed by atoms with Crippen molar-refractivity contribution in [3.63, 3.8) is 0 Å². The maximum Gasteiger partial charge on any atom is 0.338 e. The Balaban J connectivity index is 1.61. The van der Waals surface area contributed by atoms with E-state index < -0.39 is 53.0 Å². The summed E-state index contributed by atoms with van der Waals surface area (Å²) < 4.78 is 4.98. The second kappa shape index (κ2) is 8.42. The van der Waals surface area contributed by atoms with Crippen LogP contribution in [-0.2, 0) is 29.5 Å². The molecule has 0 radical (unpaired) electrons. The van der Waals surface area contributed by atoms with Crippen molar-refractivity contribution in [3.8, 4) is 0 Å². The molecule has 4 amide bonds. The van der Waals surface area contributed by atoms with E-state index >= 15 is 0 Å². The first-order valence-electron chi connectivity index (χ1n) is 11.4. The number of fused-ring (bicyclic) bond motifs is 4. The number of esters is 1. The number of rotatable bonds is 5. The lowest BCUT2D eigenvalue weighted by Gasteiger charge is -2.29. The molecule has 36 heavy (non-hydrogen) atoms. The van der Waals surface area contributed by atoms with Gasteiger partial charge in [0.2, 0.25) is 23.6 Å². The summed E-state index contributed by atoms with van der Waals surface area (Å²) in [7, 11) is 0. The zero-order valence-electron chi connectivity index (χ0n) is 19.5. The molecule has 3 heterocycles. The molecule has 4 atom stereocenters. The number of amides is 4. The maximum atomic E-state index is 13.9. The van der Waals surface area contributed by atoms with Gasteiger partial charge in [-0.05, 0) is 49.7 Å². The SMILES string of the molecule is CCOC(=O)c1ccc(N2C(=O)[C@H]3[C@@H](C2=O)[C@@]2(N[C@@H]3CC(N)=O)C(=O)Nc3c(Cl)cc(C)cc32)cc1. The Morgan fingerprint density at radius 2 is 1.83 bits per heavy atom. The zero-order chi connectivity index (χ0) is 25.9. The highest BCUT2D eigenvalue weighted by Crippen LogP contribution is 2.55. The number of nitrogens with two attached hydrogens (primary N) is 1. The van der Waals surface area contributed by atoms with Crippen LogP contribution >= 0.6 is 11.6 Å². The molecular weight excluding hydrogens is 488 g/mol. The van der Waals surface area contributed by atoms with Crippen molar-refractivity contribution in [3.05, 3.63) is 58.1 Å². The molecule has 10 nitrogen and oxygen atoms in total. The Bertz CT molecular complexity index is 1340. The first-order chi connectivity index (χ1) is 17.1. The molecule has 1 spiro atoms. The van der Waals surface area contributed by atoms with E-state index in [9.17, 15) is 24.0 Å². The van der Waals surface area contributed by atoms with E-state index in [0.717, 1.165) is 10.5 Å². The van der Waals surface area contributed by atoms with Crippen molar-refractivity contribution in [2.45, 2.75) is 31.8 Å². The Labute approximate surface area is 211 Å². The number of hydrogen-bond acceptors (Lipinski definition) is 7. The van der Waals surface area contributed by atoms with Gasteiger partial charge in [0, 0.05) is 18.0 Å². The molecule has 0 bridgehead atoms. The first-order valence-corrected chi connectivity index (χ1v) is 11.8. The van der Waals surface area contributed by atoms with E-state index in [1.165, 1.54) is 24.3 Å². The van der Waals surface area contributed by atoms with Crippen LogP contribution in [0, 0.1) is 18.8 Å². The average Bonchev–Trinajstić information content (AvgIpc) is 3.39. The van der Waals surface area contributed by atoms with Crippen molar-refractivity contribution in [1.82, 2.24) is 5.32 Å². The third-order valence-corrected chi connectivity index (χ3v) is 7.28. The lowest BCUT2D eigenvalue weighted by molar-refractivity contribution is -0.130. The zero-order valence-corrected chi connectivity index (χ0v) is 20.2. The van der Waals surface area contributed by atoms with Crippen molar-refractivity contribution < 1.29 is 28.7 Å². The molecule has 186 valence electrons. The second-order valence-corrected chi connectivity index (χ2v) is 9.54. The summed E-state index contributed by atoms with van der Waals surface area (Å²) in [5.41, 5.74) is 5.91. The van der Waals surface area contributed by atoms with Crippen LogP contribution in [-0.4, -0.2) is 42.2 Å². The van der Waals surface area contributed by atoms with Gasteiger partial charge in [-0.2, -0.15) is 0 Å². The van der Waals surface area contributed by atoms with E-state index in [1.807, 2.05) is 0 Å². The van der Waals surface area contributed by atoms with Crippen molar-refractivity contribution in [2.75, 3.05) is 16.8 Å². The number of primary amides is 1. The second-order valence-electron chi connectivity index (χ2n) is 9.14. The van der Waals surface area contributed by atoms with Crippen LogP contribution in [0.3, 0.4) is 0 Å². The molecule has 3 aliphatic heterocycles. The van der Waals surface area contributed by atoms with Gasteiger partial charge in [0.15, 0.2) is 0 Å². The molecule has 0 unspecified atom stereocenters. The molecule has 11 heteroatoms. The number of anilines is 2. The Kier molecular flexibility index (Phi) is 5.60. The number of hydrogen-bond donors (Lipinski definition) is 3. The smallest absolute Gasteiger partial charge is 0.338 e. The number of carbonyl (C=O) groups is 5. The van der Waals surface area contributed by atoms with E-state index in [1.54, 1.807) is 26.0 Å². The summed E-state index contributed by atoms with van der Waals surface area (Å²) in [6.07, 6.45) is -0.250. The van der Waals surface area contributed by atoms with Gasteiger partial charge in [-0.1, -0.05) is 17.7 Å². The number of halogens is 1. The van der Waals surface area contributed by atoms with Crippen LogP contribution in [0.5, 0.6) is 0 Å². The highest BCUT2D eigenvalue weighted by atomic mass is 35.5. The predicted molar refractivity (Wildman–Crippen MR) is 129 cm³/mol. The van der Waals surface area contributed by atoms with Gasteiger partial charge < -0.3 is 15.8 Å². The number of nitrogens with one attached hydrogen (secondary N) is 2. The summed E-state index contributed by atoms with van der Waals surface area (Å²) >= 11 is 6.40. The lowest BCUT2D eigenvalue weighted by atomic mass is 9.76. The summed E-state index contributed by atoms with van der Waals surface area (Å²) in [5, 5.41) is 6.18. The predicted octanol–water partition coefficient (Wildman–Crippen LogP) is 1.63. The number of carbonyl (C=O) groups excluding carboxylic acids is 5. The van der Waals surface area contributed by atoms with Gasteiger partial charge in [0.05, 0.1) is 40.4 Å². The summed E-state index contributed by atoms with van der Waals surface area (Å²) in [4.78, 5) is 65.9. The monoisotopic (exact) mass is 510 g/mol. The highest BCUT2D eigenvalue weighted by molar-refractivity contribution is 6.35. The van der Waals surface area contributed by atoms with Crippen molar-refractivity contribution in [1.29, 1.82) is 0 Å². The number of imide groups is 1. The number of aryl methyl sites for hydroxylation is 1. The van der Waals surface area contributed by atoms with Crippen molar-refractivity contribution >= 4 is 52.6 Å². The Hall–Kier alpha value is -3.76. The van der Waals surface area contributed by atoms with Gasteiger partial charge in [0.25, 0.3) is 0 Å². The van der Waals surface area contributed by atoms with E-state index in [0.29, 0.717) is 16.3 Å². The van der Waals surface area contributed by atoms with E-state index in [-0.39, 0.29) is 24.3 Å². The number of ether oxygens (including phenoxy) is 1. The van der Waals surface area contributed by atoms with Crippen LogP contribution in [0.1, 0.15) is 34.8 Å². The third kappa shape index (κ3) is 3.32. The number of benzene rings is 2. The van der Waals surface area contributed by atoms with Gasteiger partial charge in [-0.25, -0.2) is 9.69 Å². The molecular formula is C25H23ClN4O6. The van der Waals surface area contributed by atoms with E-state index in [2.05, 4.69) is 10.6 Å². The summed E-state index contributed by atoms with van der Waals surface area (Å²) in [6.45, 7) is 3.69. The normalized spacial score (nSPS) is 26.2. The quantitative estimate of drug-likeness (QED) is 0.409. The standard InChI is InChI=1S/C25H23ClN4O6/c1-3-36-23(34)12-4-6-13(7-5-12)30-21(32)18-16(10-17(27)31)29-25(19(18)22(30)33)14-8-11(2)9-15(26)20(14)28-24(25)35/h4-9,16,18-19,29H,3,10H2,1-2H3,(H2,27,31)(H,28,35)/t16-,18-,19+,25-/m1/s1. The van der Waals surface area contributed by atoms with Crippen LogP contribution in [0.25, 0.3) is 0 Å². The summed E-state index contributed by atoms with van der Waals surface area (Å²) in [5.74, 6) is -5.08. The van der Waals surface area contributed by atoms with Gasteiger partial charge in [-0.3, -0.25) is 24.5 Å². The fraction of sp³-hybridized carbons (Fsp3) is 0.320. The molecule has 2 aromatic carbocycles. The molecule has 5 rings (SSSR count). The fourth-order valence-electron chi connectivity index (χ4n) is 5.60. The van der Waals surface area contributed by atoms with Crippen LogP contribution < -0.4 is 21.3 Å². The first kappa shape index (κ1) is 24.0. The Morgan fingerprint density at radius 1 is 1.14 bits per heavy atom. The van der Waals surface area contributed by atoms with Crippen LogP contribution in [0.15, 0.2) is 36.4 Å². The summed E-state index contributed by atoms with van der Waals surface area (Å²) in [6, 6.07) is 8.42. The van der Waals surface area contributed by atoms with E-state index in [4.69, 9.17) is 22.1 Å². The third-order valence-electron chi connectivity index (χ3n) is 6.98. The average molecular weight is 511 g/mol. The molecule has 2 aromatic rings. The molecule has 0 aliphatic carbocycles. The highest BCUT2D eigenvalue weighted by Gasteiger charge is 2.71. The minimum Gasteiger partial charge on any atom is -0.462 e. The maximum absolute atomic E-state index is 13.9. The molecule has 3 aliphatic rings. The Morgan fingerprint density at radius 3 is 2.47 bits per heavy atom. The van der Waals surface area contributed by atoms with Crippen LogP contribution in [0.2, 0.25) is 5.02 Å². The van der Waals surface area contributed by atoms with Gasteiger partial charge in [0.1, 0.15) is 5.54 Å². The topological polar surface area (TPSA) is 148 Å². The molecule has 2 saturated heterocycles. The molecule has 0 saturated carbocycles. The fourth-order valence-corrected chi connectivity index (χ4v) is 5.92. The van der Waals surface area contributed by atoms with Crippen LogP contribution in [0.4, 0.5) is 11.4 Å². The number of nitrogens with zero attached hydrogens (tertiary/aromatic N) is 1. The molecule has 4 N–H and O–H groups in total. The minimum atomic E-state index is -1.61. The molecule has 2 fully saturated rings. The van der Waals surface area contributed by atoms with Gasteiger partial charge in [-0.15, -0.1) is 0 Å². The molecule has 0 aromatic heterocycles. The lowest BCUT2D eigenvalue weighted by Crippen LogP contribution is -2.53. The van der Waals surface area contributed by atoms with Gasteiger partial charge >= 0.3 is 5.97 Å². The largest absolute Gasteiger partial charge is 0.462 e.